The average Bonchev–Trinajstić information content (AvgIpc) is 2.66. The smallest absolute Gasteiger partial charge is 0.232 e. The minimum Gasteiger partial charge on any atom is -0.393 e. The molecule has 1 aromatic rings. The summed E-state index contributed by atoms with van der Waals surface area (Å²) >= 11 is 7.68. The Morgan fingerprint density at radius 3 is 2.95 bits per heavy atom. The summed E-state index contributed by atoms with van der Waals surface area (Å²) in [6, 6.07) is 7.72. The third kappa shape index (κ3) is 4.69. The van der Waals surface area contributed by atoms with E-state index in [1.807, 2.05) is 29.2 Å². The number of hydrogen-bond donors (Lipinski definition) is 1. The van der Waals surface area contributed by atoms with Crippen LogP contribution in [0.2, 0.25) is 5.02 Å². The van der Waals surface area contributed by atoms with E-state index in [0.717, 1.165) is 35.7 Å². The fourth-order valence-corrected chi connectivity index (χ4v) is 3.50. The number of hydrogen-bond acceptors (Lipinski definition) is 3. The van der Waals surface area contributed by atoms with Gasteiger partial charge in [-0.1, -0.05) is 29.8 Å². The molecule has 0 saturated carbocycles. The zero-order valence-corrected chi connectivity index (χ0v) is 13.0. The van der Waals surface area contributed by atoms with Gasteiger partial charge in [-0.3, -0.25) is 4.79 Å². The van der Waals surface area contributed by atoms with E-state index < -0.39 is 0 Å². The van der Waals surface area contributed by atoms with E-state index in [9.17, 15) is 9.90 Å². The van der Waals surface area contributed by atoms with Crippen LogP contribution in [0.5, 0.6) is 0 Å². The first-order chi connectivity index (χ1) is 9.66. The molecule has 20 heavy (non-hydrogen) atoms. The number of halogens is 1. The van der Waals surface area contributed by atoms with Crippen LogP contribution in [0.25, 0.3) is 0 Å². The largest absolute Gasteiger partial charge is 0.393 e. The van der Waals surface area contributed by atoms with Crippen LogP contribution in [0.4, 0.5) is 0 Å². The maximum Gasteiger partial charge on any atom is 0.232 e. The predicted molar refractivity (Wildman–Crippen MR) is 84.1 cm³/mol. The zero-order chi connectivity index (χ0) is 14.4. The van der Waals surface area contributed by atoms with Crippen LogP contribution < -0.4 is 0 Å². The summed E-state index contributed by atoms with van der Waals surface area (Å²) in [5, 5.41) is 10.3. The molecule has 1 fully saturated rings. The molecule has 5 heteroatoms. The monoisotopic (exact) mass is 313 g/mol. The fourth-order valence-electron chi connectivity index (χ4n) is 2.28. The number of benzene rings is 1. The lowest BCUT2D eigenvalue weighted by Crippen LogP contribution is -2.33. The SMILES string of the molecule is O=C(CSCc1ccccc1Cl)N1CCC[C@H](O)CC1. The summed E-state index contributed by atoms with van der Waals surface area (Å²) in [6.07, 6.45) is 2.14. The molecular formula is C15H20ClNO2S. The molecule has 0 spiro atoms. The molecule has 1 heterocycles. The zero-order valence-electron chi connectivity index (χ0n) is 11.4. The second-order valence-corrected chi connectivity index (χ2v) is 6.44. The van der Waals surface area contributed by atoms with Crippen LogP contribution >= 0.6 is 23.4 Å². The van der Waals surface area contributed by atoms with Gasteiger partial charge in [0.05, 0.1) is 11.9 Å². The van der Waals surface area contributed by atoms with Crippen molar-refractivity contribution in [2.45, 2.75) is 31.1 Å². The van der Waals surface area contributed by atoms with Gasteiger partial charge < -0.3 is 10.0 Å². The quantitative estimate of drug-likeness (QED) is 0.929. The molecule has 110 valence electrons. The Balaban J connectivity index is 1.76. The van der Waals surface area contributed by atoms with Gasteiger partial charge in [-0.15, -0.1) is 11.8 Å². The van der Waals surface area contributed by atoms with E-state index in [-0.39, 0.29) is 12.0 Å². The molecule has 1 atom stereocenters. The van der Waals surface area contributed by atoms with Gasteiger partial charge in [-0.25, -0.2) is 0 Å². The first-order valence-electron chi connectivity index (χ1n) is 6.94. The molecule has 2 rings (SSSR count). The van der Waals surface area contributed by atoms with Crippen LogP contribution in [0, 0.1) is 0 Å². The van der Waals surface area contributed by atoms with Gasteiger partial charge in [-0.2, -0.15) is 0 Å². The lowest BCUT2D eigenvalue weighted by atomic mass is 10.2. The average molecular weight is 314 g/mol. The first kappa shape index (κ1) is 15.7. The normalized spacial score (nSPS) is 19.7. The maximum atomic E-state index is 12.1. The number of likely N-dealkylation sites (tertiary alicyclic amines) is 1. The highest BCUT2D eigenvalue weighted by Gasteiger charge is 2.19. The van der Waals surface area contributed by atoms with E-state index in [1.165, 1.54) is 0 Å². The van der Waals surface area contributed by atoms with Crippen LogP contribution in [-0.4, -0.2) is 40.9 Å². The van der Waals surface area contributed by atoms with Crippen molar-refractivity contribution in [3.05, 3.63) is 34.9 Å². The fraction of sp³-hybridized carbons (Fsp3) is 0.533. The van der Waals surface area contributed by atoms with Crippen LogP contribution in [0.15, 0.2) is 24.3 Å². The number of carbonyl (C=O) groups excluding carboxylic acids is 1. The highest BCUT2D eigenvalue weighted by atomic mass is 35.5. The van der Waals surface area contributed by atoms with Gasteiger partial charge in [0, 0.05) is 23.9 Å². The van der Waals surface area contributed by atoms with E-state index in [2.05, 4.69) is 0 Å². The molecular weight excluding hydrogens is 294 g/mol. The number of thioether (sulfide) groups is 1. The lowest BCUT2D eigenvalue weighted by molar-refractivity contribution is -0.128. The van der Waals surface area contributed by atoms with E-state index in [1.54, 1.807) is 11.8 Å². The Kier molecular flexibility index (Phi) is 6.20. The van der Waals surface area contributed by atoms with Crippen molar-refractivity contribution in [1.29, 1.82) is 0 Å². The highest BCUT2D eigenvalue weighted by Crippen LogP contribution is 2.21. The molecule has 0 radical (unpaired) electrons. The molecule has 1 aliphatic rings. The topological polar surface area (TPSA) is 40.5 Å². The van der Waals surface area contributed by atoms with E-state index >= 15 is 0 Å². The van der Waals surface area contributed by atoms with Gasteiger partial charge in [0.2, 0.25) is 5.91 Å². The van der Waals surface area contributed by atoms with Crippen molar-refractivity contribution < 1.29 is 9.90 Å². The summed E-state index contributed by atoms with van der Waals surface area (Å²) < 4.78 is 0. The Morgan fingerprint density at radius 2 is 2.15 bits per heavy atom. The number of aliphatic hydroxyl groups excluding tert-OH is 1. The van der Waals surface area contributed by atoms with E-state index in [0.29, 0.717) is 18.7 Å². The summed E-state index contributed by atoms with van der Waals surface area (Å²) in [5.41, 5.74) is 1.07. The Hall–Kier alpha value is -0.710. The summed E-state index contributed by atoms with van der Waals surface area (Å²) in [7, 11) is 0. The Morgan fingerprint density at radius 1 is 1.35 bits per heavy atom. The van der Waals surface area contributed by atoms with Crippen molar-refractivity contribution in [1.82, 2.24) is 4.90 Å². The van der Waals surface area contributed by atoms with Crippen molar-refractivity contribution in [2.75, 3.05) is 18.8 Å². The molecule has 1 N–H and O–H groups in total. The minimum atomic E-state index is -0.247. The van der Waals surface area contributed by atoms with Crippen LogP contribution in [-0.2, 0) is 10.5 Å². The second kappa shape index (κ2) is 7.91. The first-order valence-corrected chi connectivity index (χ1v) is 8.47. The number of aliphatic hydroxyl groups is 1. The maximum absolute atomic E-state index is 12.1. The van der Waals surface area contributed by atoms with Gasteiger partial charge in [0.25, 0.3) is 0 Å². The van der Waals surface area contributed by atoms with Crippen molar-refractivity contribution in [3.8, 4) is 0 Å². The third-order valence-electron chi connectivity index (χ3n) is 3.49. The van der Waals surface area contributed by atoms with E-state index in [4.69, 9.17) is 11.6 Å². The molecule has 0 aromatic heterocycles. The Labute approximate surface area is 129 Å². The second-order valence-electron chi connectivity index (χ2n) is 5.05. The van der Waals surface area contributed by atoms with Crippen molar-refractivity contribution in [2.24, 2.45) is 0 Å². The summed E-state index contributed by atoms with van der Waals surface area (Å²) in [6.45, 7) is 1.44. The summed E-state index contributed by atoms with van der Waals surface area (Å²) in [5.74, 6) is 1.39. The number of amides is 1. The molecule has 0 unspecified atom stereocenters. The standard InChI is InChI=1S/C15H20ClNO2S/c16-14-6-2-1-4-12(14)10-20-11-15(19)17-8-3-5-13(18)7-9-17/h1-2,4,6,13,18H,3,5,7-11H2/t13-/m0/s1. The van der Waals surface area contributed by atoms with Crippen LogP contribution in [0.1, 0.15) is 24.8 Å². The van der Waals surface area contributed by atoms with Gasteiger partial charge in [-0.05, 0) is 30.9 Å². The highest BCUT2D eigenvalue weighted by molar-refractivity contribution is 7.99. The third-order valence-corrected chi connectivity index (χ3v) is 4.83. The van der Waals surface area contributed by atoms with Gasteiger partial charge in [0.1, 0.15) is 0 Å². The number of carbonyl (C=O) groups is 1. The molecule has 1 aliphatic heterocycles. The number of nitrogens with zero attached hydrogens (tertiary/aromatic N) is 1. The summed E-state index contributed by atoms with van der Waals surface area (Å²) in [4.78, 5) is 14.0. The van der Waals surface area contributed by atoms with Gasteiger partial charge >= 0.3 is 0 Å². The molecule has 0 aliphatic carbocycles. The lowest BCUT2D eigenvalue weighted by Gasteiger charge is -2.20. The molecule has 0 bridgehead atoms. The Bertz CT molecular complexity index is 455. The molecule has 1 aromatic carbocycles. The van der Waals surface area contributed by atoms with Crippen molar-refractivity contribution in [3.63, 3.8) is 0 Å². The molecule has 1 amide bonds. The number of rotatable bonds is 4. The minimum absolute atomic E-state index is 0.163. The predicted octanol–water partition coefficient (Wildman–Crippen LogP) is 2.95. The van der Waals surface area contributed by atoms with Crippen molar-refractivity contribution >= 4 is 29.3 Å². The van der Waals surface area contributed by atoms with Gasteiger partial charge in [0.15, 0.2) is 0 Å². The molecule has 3 nitrogen and oxygen atoms in total. The molecule has 1 saturated heterocycles. The van der Waals surface area contributed by atoms with Crippen LogP contribution in [0.3, 0.4) is 0 Å².